The Labute approximate surface area is 89.3 Å². The van der Waals surface area contributed by atoms with Crippen LogP contribution in [0.2, 0.25) is 0 Å². The maximum Gasteiger partial charge on any atom is 0.0768 e. The highest BCUT2D eigenvalue weighted by atomic mass is 16.3. The second-order valence-corrected chi connectivity index (χ2v) is 4.79. The first-order chi connectivity index (χ1) is 6.44. The van der Waals surface area contributed by atoms with Gasteiger partial charge in [-0.15, -0.1) is 0 Å². The molecule has 0 fully saturated rings. The van der Waals surface area contributed by atoms with Gasteiger partial charge < -0.3 is 10.0 Å². The Morgan fingerprint density at radius 3 is 1.86 bits per heavy atom. The van der Waals surface area contributed by atoms with E-state index in [0.29, 0.717) is 5.92 Å². The van der Waals surface area contributed by atoms with Crippen molar-refractivity contribution in [1.82, 2.24) is 4.90 Å². The molecule has 0 aliphatic carbocycles. The molecule has 0 aromatic rings. The fraction of sp³-hybridized carbons (Fsp3) is 1.00. The van der Waals surface area contributed by atoms with Crippen molar-refractivity contribution < 1.29 is 5.11 Å². The molecule has 0 saturated carbocycles. The fourth-order valence-electron chi connectivity index (χ4n) is 1.54. The molecule has 0 rings (SSSR count). The van der Waals surface area contributed by atoms with Gasteiger partial charge in [-0.3, -0.25) is 0 Å². The van der Waals surface area contributed by atoms with Gasteiger partial charge in [0.1, 0.15) is 0 Å². The molecule has 2 heteroatoms. The number of hydrogen-bond donors (Lipinski definition) is 1. The van der Waals surface area contributed by atoms with Crippen LogP contribution in [0.5, 0.6) is 0 Å². The Hall–Kier alpha value is -0.0800. The van der Waals surface area contributed by atoms with E-state index in [1.54, 1.807) is 0 Å². The van der Waals surface area contributed by atoms with E-state index in [0.717, 1.165) is 32.5 Å². The van der Waals surface area contributed by atoms with Gasteiger partial charge in [0, 0.05) is 6.54 Å². The lowest BCUT2D eigenvalue weighted by Gasteiger charge is -2.34. The van der Waals surface area contributed by atoms with E-state index in [9.17, 15) is 5.11 Å². The summed E-state index contributed by atoms with van der Waals surface area (Å²) in [7, 11) is 0. The highest BCUT2D eigenvalue weighted by Crippen LogP contribution is 2.17. The zero-order valence-corrected chi connectivity index (χ0v) is 10.5. The zero-order valence-electron chi connectivity index (χ0n) is 10.5. The van der Waals surface area contributed by atoms with E-state index in [4.69, 9.17) is 0 Å². The van der Waals surface area contributed by atoms with E-state index in [1.807, 2.05) is 6.92 Å². The molecule has 0 heterocycles. The lowest BCUT2D eigenvalue weighted by Crippen LogP contribution is -2.45. The molecular formula is C12H27NO. The number of rotatable bonds is 7. The van der Waals surface area contributed by atoms with Crippen LogP contribution in [0.15, 0.2) is 0 Å². The quantitative estimate of drug-likeness (QED) is 0.684. The van der Waals surface area contributed by atoms with E-state index < -0.39 is 5.60 Å². The third kappa shape index (κ3) is 4.97. The van der Waals surface area contributed by atoms with Crippen molar-refractivity contribution in [2.45, 2.75) is 53.1 Å². The second-order valence-electron chi connectivity index (χ2n) is 4.79. The normalized spacial score (nSPS) is 16.3. The Kier molecular flexibility index (Phi) is 6.38. The molecule has 0 saturated heterocycles. The van der Waals surface area contributed by atoms with Gasteiger partial charge in [0.25, 0.3) is 0 Å². The Bertz CT molecular complexity index is 137. The summed E-state index contributed by atoms with van der Waals surface area (Å²) in [5.74, 6) is 0.318. The summed E-state index contributed by atoms with van der Waals surface area (Å²) in [5.41, 5.74) is -0.551. The van der Waals surface area contributed by atoms with Gasteiger partial charge in [-0.05, 0) is 38.8 Å². The van der Waals surface area contributed by atoms with Crippen molar-refractivity contribution in [2.24, 2.45) is 5.92 Å². The minimum Gasteiger partial charge on any atom is -0.389 e. The van der Waals surface area contributed by atoms with E-state index in [-0.39, 0.29) is 0 Å². The topological polar surface area (TPSA) is 23.5 Å². The third-order valence-electron chi connectivity index (χ3n) is 2.87. The molecule has 86 valence electrons. The first-order valence-corrected chi connectivity index (χ1v) is 5.88. The molecule has 0 aromatic heterocycles. The van der Waals surface area contributed by atoms with Crippen LogP contribution in [0.3, 0.4) is 0 Å². The van der Waals surface area contributed by atoms with E-state index in [1.165, 1.54) is 0 Å². The summed E-state index contributed by atoms with van der Waals surface area (Å²) in [4.78, 5) is 2.36. The van der Waals surface area contributed by atoms with Crippen molar-refractivity contribution in [3.8, 4) is 0 Å². The third-order valence-corrected chi connectivity index (χ3v) is 2.87. The molecule has 1 unspecified atom stereocenters. The van der Waals surface area contributed by atoms with Gasteiger partial charge in [-0.1, -0.05) is 27.7 Å². The highest BCUT2D eigenvalue weighted by Gasteiger charge is 2.26. The molecule has 0 amide bonds. The van der Waals surface area contributed by atoms with Gasteiger partial charge in [0.05, 0.1) is 5.60 Å². The number of nitrogens with zero attached hydrogens (tertiary/aromatic N) is 1. The summed E-state index contributed by atoms with van der Waals surface area (Å²) >= 11 is 0. The molecule has 0 aromatic carbocycles. The number of hydrogen-bond acceptors (Lipinski definition) is 2. The first kappa shape index (κ1) is 13.9. The Morgan fingerprint density at radius 1 is 1.14 bits per heavy atom. The molecule has 1 N–H and O–H groups in total. The molecule has 14 heavy (non-hydrogen) atoms. The molecule has 0 aliphatic rings. The lowest BCUT2D eigenvalue weighted by atomic mass is 9.92. The maximum atomic E-state index is 10.2. The zero-order chi connectivity index (χ0) is 11.2. The van der Waals surface area contributed by atoms with Gasteiger partial charge in [0.2, 0.25) is 0 Å². The molecular weight excluding hydrogens is 174 g/mol. The van der Waals surface area contributed by atoms with Crippen LogP contribution in [0.25, 0.3) is 0 Å². The second kappa shape index (κ2) is 6.41. The molecule has 0 radical (unpaired) electrons. The van der Waals surface area contributed by atoms with Crippen LogP contribution in [0.1, 0.15) is 47.5 Å². The van der Waals surface area contributed by atoms with E-state index in [2.05, 4.69) is 32.6 Å². The van der Waals surface area contributed by atoms with Crippen molar-refractivity contribution in [3.63, 3.8) is 0 Å². The minimum atomic E-state index is -0.551. The summed E-state index contributed by atoms with van der Waals surface area (Å²) < 4.78 is 0. The van der Waals surface area contributed by atoms with Crippen molar-refractivity contribution >= 4 is 0 Å². The summed E-state index contributed by atoms with van der Waals surface area (Å²) in [6, 6.07) is 0. The number of aliphatic hydroxyl groups is 1. The largest absolute Gasteiger partial charge is 0.389 e. The van der Waals surface area contributed by atoms with Crippen LogP contribution in [-0.4, -0.2) is 35.2 Å². The molecule has 0 aliphatic heterocycles. The average Bonchev–Trinajstić information content (AvgIpc) is 2.04. The summed E-state index contributed by atoms with van der Waals surface area (Å²) in [6.07, 6.45) is 2.32. The van der Waals surface area contributed by atoms with Crippen LogP contribution < -0.4 is 0 Å². The SMILES string of the molecule is CCCN(CCC)CC(C)(O)C(C)C. The smallest absolute Gasteiger partial charge is 0.0768 e. The average molecular weight is 201 g/mol. The van der Waals surface area contributed by atoms with Gasteiger partial charge in [-0.2, -0.15) is 0 Å². The molecule has 1 atom stereocenters. The van der Waals surface area contributed by atoms with Crippen LogP contribution in [0.4, 0.5) is 0 Å². The molecule has 0 spiro atoms. The van der Waals surface area contributed by atoms with Gasteiger partial charge in [-0.25, -0.2) is 0 Å². The van der Waals surface area contributed by atoms with Gasteiger partial charge in [0.15, 0.2) is 0 Å². The first-order valence-electron chi connectivity index (χ1n) is 5.88. The predicted molar refractivity (Wildman–Crippen MR) is 62.5 cm³/mol. The lowest BCUT2D eigenvalue weighted by molar-refractivity contribution is -0.0187. The molecule has 0 bridgehead atoms. The van der Waals surface area contributed by atoms with Gasteiger partial charge >= 0.3 is 0 Å². The van der Waals surface area contributed by atoms with E-state index >= 15 is 0 Å². The Morgan fingerprint density at radius 2 is 1.57 bits per heavy atom. The van der Waals surface area contributed by atoms with Crippen LogP contribution >= 0.6 is 0 Å². The minimum absolute atomic E-state index is 0.318. The van der Waals surface area contributed by atoms with Crippen LogP contribution in [0, 0.1) is 5.92 Å². The monoisotopic (exact) mass is 201 g/mol. The Balaban J connectivity index is 4.12. The standard InChI is InChI=1S/C12H27NO/c1-6-8-13(9-7-2)10-12(5,14)11(3)4/h11,14H,6-10H2,1-5H3. The highest BCUT2D eigenvalue weighted by molar-refractivity contribution is 4.80. The summed E-state index contributed by atoms with van der Waals surface area (Å²) in [6.45, 7) is 13.5. The predicted octanol–water partition coefficient (Wildman–Crippen LogP) is 2.52. The van der Waals surface area contributed by atoms with Crippen LogP contribution in [-0.2, 0) is 0 Å². The fourth-order valence-corrected chi connectivity index (χ4v) is 1.54. The van der Waals surface area contributed by atoms with Crippen molar-refractivity contribution in [3.05, 3.63) is 0 Å². The summed E-state index contributed by atoms with van der Waals surface area (Å²) in [5, 5.41) is 10.2. The maximum absolute atomic E-state index is 10.2. The molecule has 2 nitrogen and oxygen atoms in total. The van der Waals surface area contributed by atoms with Crippen molar-refractivity contribution in [2.75, 3.05) is 19.6 Å². The van der Waals surface area contributed by atoms with Crippen molar-refractivity contribution in [1.29, 1.82) is 0 Å².